The predicted octanol–water partition coefficient (Wildman–Crippen LogP) is 6.79. The quantitative estimate of drug-likeness (QED) is 0.221. The van der Waals surface area contributed by atoms with E-state index in [0.717, 1.165) is 11.3 Å². The minimum atomic E-state index is 0.267. The van der Waals surface area contributed by atoms with Gasteiger partial charge in [-0.25, -0.2) is 0 Å². The van der Waals surface area contributed by atoms with Gasteiger partial charge in [0.15, 0.2) is 0 Å². The fourth-order valence-corrected chi connectivity index (χ4v) is 4.08. The monoisotopic (exact) mass is 415 g/mol. The summed E-state index contributed by atoms with van der Waals surface area (Å²) in [5, 5.41) is 12.1. The molecule has 27 heavy (non-hydrogen) atoms. The highest BCUT2D eigenvalue weighted by Crippen LogP contribution is 2.39. The summed E-state index contributed by atoms with van der Waals surface area (Å²) in [6.07, 6.45) is 4.21. The lowest BCUT2D eigenvalue weighted by Gasteiger charge is -2.30. The van der Waals surface area contributed by atoms with Gasteiger partial charge in [0.25, 0.3) is 0 Å². The first-order chi connectivity index (χ1) is 12.9. The maximum atomic E-state index is 8.69. The molecule has 0 aliphatic heterocycles. The van der Waals surface area contributed by atoms with Crippen molar-refractivity contribution in [2.75, 3.05) is 23.9 Å². The highest BCUT2D eigenvalue weighted by molar-refractivity contribution is 6.49. The molecule has 0 heterocycles. The third-order valence-corrected chi connectivity index (χ3v) is 6.18. The number of nitrogens with one attached hydrogen (secondary N) is 1. The van der Waals surface area contributed by atoms with Gasteiger partial charge >= 0.3 is 0 Å². The van der Waals surface area contributed by atoms with E-state index in [0.29, 0.717) is 15.7 Å². The standard InChI is InChI=1S/C21H16Cl3N3/c1-26(21(25)27(2)17-11-9-15(22)19(23)20(17)24)16-10-7-13-5-3-4-12-6-8-14(16)18(12)13/h3-11,25H,1-2H3. The van der Waals surface area contributed by atoms with Crippen LogP contribution in [0.4, 0.5) is 11.4 Å². The van der Waals surface area contributed by atoms with Crippen molar-refractivity contribution in [1.29, 1.82) is 5.41 Å². The van der Waals surface area contributed by atoms with Crippen LogP contribution < -0.4 is 9.80 Å². The van der Waals surface area contributed by atoms with E-state index in [1.807, 2.05) is 18.0 Å². The Morgan fingerprint density at radius 1 is 0.815 bits per heavy atom. The summed E-state index contributed by atoms with van der Waals surface area (Å²) in [6, 6.07) is 13.8. The molecule has 0 atom stereocenters. The van der Waals surface area contributed by atoms with Crippen LogP contribution in [0.25, 0.3) is 22.9 Å². The normalized spacial score (nSPS) is 11.9. The molecule has 0 saturated carbocycles. The van der Waals surface area contributed by atoms with E-state index in [1.165, 1.54) is 16.3 Å². The number of hydrogen-bond acceptors (Lipinski definition) is 1. The van der Waals surface area contributed by atoms with Gasteiger partial charge in [0.2, 0.25) is 5.96 Å². The van der Waals surface area contributed by atoms with Gasteiger partial charge < -0.3 is 9.80 Å². The van der Waals surface area contributed by atoms with Gasteiger partial charge in [-0.05, 0) is 34.5 Å². The summed E-state index contributed by atoms with van der Waals surface area (Å²) >= 11 is 18.5. The summed E-state index contributed by atoms with van der Waals surface area (Å²) in [5.41, 5.74) is 3.89. The lowest BCUT2D eigenvalue weighted by molar-refractivity contribution is 1.12. The minimum absolute atomic E-state index is 0.267. The summed E-state index contributed by atoms with van der Waals surface area (Å²) in [6.45, 7) is 0. The van der Waals surface area contributed by atoms with Gasteiger partial charge in [-0.3, -0.25) is 5.41 Å². The van der Waals surface area contributed by atoms with Crippen molar-refractivity contribution in [3.05, 3.63) is 68.7 Å². The minimum Gasteiger partial charge on any atom is -0.315 e. The van der Waals surface area contributed by atoms with Crippen molar-refractivity contribution >= 4 is 75.1 Å². The van der Waals surface area contributed by atoms with Gasteiger partial charge in [0.05, 0.1) is 26.4 Å². The van der Waals surface area contributed by atoms with Crippen LogP contribution in [0.1, 0.15) is 11.1 Å². The molecule has 0 bridgehead atoms. The Bertz CT molecular complexity index is 1120. The molecule has 0 unspecified atom stereocenters. The fourth-order valence-electron chi connectivity index (χ4n) is 3.43. The van der Waals surface area contributed by atoms with Gasteiger partial charge in [-0.15, -0.1) is 0 Å². The average Bonchev–Trinajstić information content (AvgIpc) is 3.11. The summed E-state index contributed by atoms with van der Waals surface area (Å²) in [7, 11) is 3.66. The first-order valence-corrected chi connectivity index (χ1v) is 9.47. The molecule has 0 fully saturated rings. The summed E-state index contributed by atoms with van der Waals surface area (Å²) in [4.78, 5) is 3.52. The molecule has 0 amide bonds. The molecular formula is C21H16Cl3N3. The van der Waals surface area contributed by atoms with E-state index in [-0.39, 0.29) is 11.0 Å². The van der Waals surface area contributed by atoms with E-state index >= 15 is 0 Å². The van der Waals surface area contributed by atoms with Crippen molar-refractivity contribution in [3.8, 4) is 0 Å². The Balaban J connectivity index is 1.73. The first-order valence-electron chi connectivity index (χ1n) is 8.33. The molecule has 1 N–H and O–H groups in total. The maximum absolute atomic E-state index is 8.69. The lowest BCUT2D eigenvalue weighted by atomic mass is 10.0. The van der Waals surface area contributed by atoms with E-state index < -0.39 is 0 Å². The summed E-state index contributed by atoms with van der Waals surface area (Å²) < 4.78 is 0. The zero-order valence-electron chi connectivity index (χ0n) is 14.7. The van der Waals surface area contributed by atoms with Gasteiger partial charge in [-0.2, -0.15) is 0 Å². The molecule has 0 aromatic heterocycles. The van der Waals surface area contributed by atoms with Crippen LogP contribution >= 0.6 is 34.8 Å². The second-order valence-electron chi connectivity index (χ2n) is 6.41. The first kappa shape index (κ1) is 18.2. The molecule has 1 aliphatic carbocycles. The van der Waals surface area contributed by atoms with Crippen LogP contribution in [-0.2, 0) is 0 Å². The zero-order chi connectivity index (χ0) is 19.3. The molecule has 0 radical (unpaired) electrons. The molecule has 0 saturated heterocycles. The SMILES string of the molecule is CN(C(=N)N(C)c1ccc2cccc3c2c1C=C3)c1ccc(Cl)c(Cl)c1Cl. The molecule has 3 aromatic carbocycles. The molecular weight excluding hydrogens is 401 g/mol. The van der Waals surface area contributed by atoms with Crippen LogP contribution in [-0.4, -0.2) is 20.1 Å². The van der Waals surface area contributed by atoms with Crippen LogP contribution in [0.3, 0.4) is 0 Å². The Hall–Kier alpha value is -2.20. The average molecular weight is 417 g/mol. The Labute approximate surface area is 172 Å². The van der Waals surface area contributed by atoms with Crippen molar-refractivity contribution < 1.29 is 0 Å². The van der Waals surface area contributed by atoms with Gasteiger partial charge in [0, 0.05) is 19.7 Å². The van der Waals surface area contributed by atoms with Crippen molar-refractivity contribution in [3.63, 3.8) is 0 Å². The van der Waals surface area contributed by atoms with E-state index in [2.05, 4.69) is 36.4 Å². The predicted molar refractivity (Wildman–Crippen MR) is 119 cm³/mol. The molecule has 1 aliphatic rings. The number of benzene rings is 3. The fraction of sp³-hybridized carbons (Fsp3) is 0.0952. The Morgan fingerprint density at radius 3 is 2.30 bits per heavy atom. The van der Waals surface area contributed by atoms with Crippen LogP contribution in [0.15, 0.2) is 42.5 Å². The molecule has 6 heteroatoms. The lowest BCUT2D eigenvalue weighted by Crippen LogP contribution is -2.40. The smallest absolute Gasteiger partial charge is 0.202 e. The van der Waals surface area contributed by atoms with Crippen LogP contribution in [0.5, 0.6) is 0 Å². The zero-order valence-corrected chi connectivity index (χ0v) is 17.0. The third kappa shape index (κ3) is 2.87. The largest absolute Gasteiger partial charge is 0.315 e. The maximum Gasteiger partial charge on any atom is 0.202 e. The van der Waals surface area contributed by atoms with Crippen molar-refractivity contribution in [1.82, 2.24) is 0 Å². The number of rotatable bonds is 2. The van der Waals surface area contributed by atoms with E-state index in [1.54, 1.807) is 24.1 Å². The number of hydrogen-bond donors (Lipinski definition) is 1. The van der Waals surface area contributed by atoms with Crippen molar-refractivity contribution in [2.45, 2.75) is 0 Å². The Kier molecular flexibility index (Phi) is 4.55. The third-order valence-electron chi connectivity index (χ3n) is 4.90. The number of nitrogens with zero attached hydrogens (tertiary/aromatic N) is 2. The number of halogens is 3. The van der Waals surface area contributed by atoms with Crippen LogP contribution in [0.2, 0.25) is 15.1 Å². The molecule has 3 nitrogen and oxygen atoms in total. The van der Waals surface area contributed by atoms with E-state index in [4.69, 9.17) is 40.2 Å². The molecule has 3 aromatic rings. The van der Waals surface area contributed by atoms with Gasteiger partial charge in [0.1, 0.15) is 0 Å². The molecule has 136 valence electrons. The summed E-state index contributed by atoms with van der Waals surface area (Å²) in [5.74, 6) is 0.267. The second kappa shape index (κ2) is 6.75. The second-order valence-corrected chi connectivity index (χ2v) is 7.58. The molecule has 0 spiro atoms. The van der Waals surface area contributed by atoms with Gasteiger partial charge in [-0.1, -0.05) is 71.2 Å². The van der Waals surface area contributed by atoms with Crippen LogP contribution in [0, 0.1) is 5.41 Å². The van der Waals surface area contributed by atoms with E-state index in [9.17, 15) is 0 Å². The Morgan fingerprint density at radius 2 is 1.52 bits per heavy atom. The topological polar surface area (TPSA) is 30.3 Å². The molecule has 4 rings (SSSR count). The number of anilines is 2. The number of guanidine groups is 1. The van der Waals surface area contributed by atoms with Crippen molar-refractivity contribution in [2.24, 2.45) is 0 Å². The highest BCUT2D eigenvalue weighted by atomic mass is 35.5. The highest BCUT2D eigenvalue weighted by Gasteiger charge is 2.22.